The summed E-state index contributed by atoms with van der Waals surface area (Å²) in [5, 5.41) is 3.21. The fraction of sp³-hybridized carbons (Fsp3) is 0.0500. The largest absolute Gasteiger partial charge is 0.271 e. The van der Waals surface area contributed by atoms with Gasteiger partial charge >= 0.3 is 0 Å². The molecule has 0 bridgehead atoms. The normalized spacial score (nSPS) is 17.3. The highest BCUT2D eigenvalue weighted by molar-refractivity contribution is 9.10. The molecule has 4 rings (SSSR count). The van der Waals surface area contributed by atoms with Crippen LogP contribution in [-0.4, -0.2) is 16.1 Å². The van der Waals surface area contributed by atoms with Crippen LogP contribution in [-0.2, 0) is 4.79 Å². The maximum Gasteiger partial charge on any atom is 0.271 e. The van der Waals surface area contributed by atoms with Crippen molar-refractivity contribution in [3.05, 3.63) is 80.6 Å². The van der Waals surface area contributed by atoms with E-state index in [-0.39, 0.29) is 5.91 Å². The number of carbonyl (C=O) groups is 1. The lowest BCUT2D eigenvalue weighted by Crippen LogP contribution is -2.28. The van der Waals surface area contributed by atoms with Crippen molar-refractivity contribution in [1.29, 1.82) is 0 Å². The van der Waals surface area contributed by atoms with E-state index in [0.29, 0.717) is 15.2 Å². The van der Waals surface area contributed by atoms with Crippen LogP contribution in [0.15, 0.2) is 74.3 Å². The number of anilines is 1. The molecule has 1 aromatic heterocycles. The lowest BCUT2D eigenvalue weighted by Gasteiger charge is -2.14. The summed E-state index contributed by atoms with van der Waals surface area (Å²) in [7, 11) is 0. The van der Waals surface area contributed by atoms with E-state index >= 15 is 0 Å². The van der Waals surface area contributed by atoms with Crippen LogP contribution < -0.4 is 4.90 Å². The van der Waals surface area contributed by atoms with Crippen LogP contribution >= 0.6 is 39.0 Å². The number of nitrogens with zero attached hydrogens (tertiary/aromatic N) is 3. The van der Waals surface area contributed by atoms with Crippen molar-refractivity contribution in [3.63, 3.8) is 0 Å². The summed E-state index contributed by atoms with van der Waals surface area (Å²) in [5.41, 5.74) is 2.67. The molecule has 3 aromatic rings. The first-order valence-corrected chi connectivity index (χ1v) is 10.6. The van der Waals surface area contributed by atoms with Gasteiger partial charge in [0.2, 0.25) is 5.13 Å². The van der Waals surface area contributed by atoms with Gasteiger partial charge in [0.15, 0.2) is 5.17 Å². The van der Waals surface area contributed by atoms with E-state index in [1.165, 1.54) is 23.1 Å². The molecule has 2 heterocycles. The van der Waals surface area contributed by atoms with Gasteiger partial charge in [-0.1, -0.05) is 46.3 Å². The molecule has 1 saturated heterocycles. The third-order valence-electron chi connectivity index (χ3n) is 3.77. The van der Waals surface area contributed by atoms with Gasteiger partial charge in [-0.15, -0.1) is 11.3 Å². The average Bonchev–Trinajstić information content (AvgIpc) is 3.19. The van der Waals surface area contributed by atoms with E-state index < -0.39 is 0 Å². The summed E-state index contributed by atoms with van der Waals surface area (Å²) in [6.45, 7) is 1.93. The molecule has 0 unspecified atom stereocenters. The summed E-state index contributed by atoms with van der Waals surface area (Å²) >= 11 is 6.30. The Morgan fingerprint density at radius 2 is 1.96 bits per heavy atom. The SMILES string of the molecule is Cc1csc(/N=C2/S/C(=C\c3cccc(Br)c3)C(=O)N2c2ccccc2)n1. The predicted molar refractivity (Wildman–Crippen MR) is 118 cm³/mol. The van der Waals surface area contributed by atoms with Crippen molar-refractivity contribution in [2.45, 2.75) is 6.92 Å². The molecule has 1 fully saturated rings. The molecule has 1 aliphatic rings. The molecule has 0 atom stereocenters. The quantitative estimate of drug-likeness (QED) is 0.453. The number of amides is 1. The molecular formula is C20H14BrN3OS2. The number of aryl methyl sites for hydroxylation is 1. The van der Waals surface area contributed by atoms with Gasteiger partial charge in [-0.3, -0.25) is 9.69 Å². The number of halogens is 1. The number of amidine groups is 1. The van der Waals surface area contributed by atoms with Crippen molar-refractivity contribution in [1.82, 2.24) is 4.98 Å². The maximum atomic E-state index is 13.1. The summed E-state index contributed by atoms with van der Waals surface area (Å²) in [6.07, 6.45) is 1.89. The molecule has 0 N–H and O–H groups in total. The van der Waals surface area contributed by atoms with Gasteiger partial charge in [0.05, 0.1) is 16.3 Å². The molecule has 1 aliphatic heterocycles. The highest BCUT2D eigenvalue weighted by Gasteiger charge is 2.34. The topological polar surface area (TPSA) is 45.6 Å². The Labute approximate surface area is 173 Å². The lowest BCUT2D eigenvalue weighted by atomic mass is 10.2. The number of rotatable bonds is 3. The summed E-state index contributed by atoms with van der Waals surface area (Å²) in [6, 6.07) is 17.4. The Morgan fingerprint density at radius 1 is 1.15 bits per heavy atom. The Morgan fingerprint density at radius 3 is 2.67 bits per heavy atom. The van der Waals surface area contributed by atoms with Gasteiger partial charge in [-0.2, -0.15) is 4.99 Å². The molecule has 0 radical (unpaired) electrons. The van der Waals surface area contributed by atoms with Crippen LogP contribution in [0.3, 0.4) is 0 Å². The van der Waals surface area contributed by atoms with Crippen LogP contribution in [0.1, 0.15) is 11.3 Å². The van der Waals surface area contributed by atoms with Gasteiger partial charge in [0.25, 0.3) is 5.91 Å². The van der Waals surface area contributed by atoms with Gasteiger partial charge in [0, 0.05) is 9.85 Å². The minimum Gasteiger partial charge on any atom is -0.268 e. The second-order valence-corrected chi connectivity index (χ2v) is 8.57. The van der Waals surface area contributed by atoms with Crippen LogP contribution in [0, 0.1) is 6.92 Å². The van der Waals surface area contributed by atoms with Crippen molar-refractivity contribution in [2.75, 3.05) is 4.90 Å². The number of hydrogen-bond donors (Lipinski definition) is 0. The van der Waals surface area contributed by atoms with E-state index in [2.05, 4.69) is 25.9 Å². The first-order chi connectivity index (χ1) is 13.1. The van der Waals surface area contributed by atoms with Crippen molar-refractivity contribution >= 4 is 67.0 Å². The van der Waals surface area contributed by atoms with Crippen molar-refractivity contribution in [2.24, 2.45) is 4.99 Å². The Hall–Kier alpha value is -2.22. The minimum atomic E-state index is -0.0850. The third-order valence-corrected chi connectivity index (χ3v) is 6.08. The molecule has 0 spiro atoms. The molecule has 7 heteroatoms. The number of aliphatic imine (C=N–C) groups is 1. The number of thiazole rings is 1. The van der Waals surface area contributed by atoms with Crippen molar-refractivity contribution < 1.29 is 4.79 Å². The van der Waals surface area contributed by atoms with Crippen molar-refractivity contribution in [3.8, 4) is 0 Å². The maximum absolute atomic E-state index is 13.1. The summed E-state index contributed by atoms with van der Waals surface area (Å²) in [4.78, 5) is 24.4. The average molecular weight is 456 g/mol. The van der Waals surface area contributed by atoms with Gasteiger partial charge < -0.3 is 0 Å². The summed E-state index contributed by atoms with van der Waals surface area (Å²) < 4.78 is 0.972. The molecule has 0 saturated carbocycles. The van der Waals surface area contributed by atoms with E-state index in [4.69, 9.17) is 0 Å². The Kier molecular flexibility index (Phi) is 5.24. The second kappa shape index (κ2) is 7.80. The van der Waals surface area contributed by atoms with E-state index in [9.17, 15) is 4.79 Å². The number of benzene rings is 2. The summed E-state index contributed by atoms with van der Waals surface area (Å²) in [5.74, 6) is -0.0850. The molecule has 0 aliphatic carbocycles. The van der Waals surface area contributed by atoms with Crippen LogP contribution in [0.2, 0.25) is 0 Å². The van der Waals surface area contributed by atoms with E-state index in [1.807, 2.05) is 73.0 Å². The first kappa shape index (κ1) is 18.2. The van der Waals surface area contributed by atoms with Gasteiger partial charge in [0.1, 0.15) is 0 Å². The van der Waals surface area contributed by atoms with Crippen LogP contribution in [0.5, 0.6) is 0 Å². The predicted octanol–water partition coefficient (Wildman–Crippen LogP) is 6.02. The van der Waals surface area contributed by atoms with Gasteiger partial charge in [-0.05, 0) is 54.6 Å². The standard InChI is InChI=1S/C20H14BrN3OS2/c1-13-12-26-19(22-13)23-20-24(16-8-3-2-4-9-16)18(25)17(27-20)11-14-6-5-7-15(21)10-14/h2-12H,1H3/b17-11-,23-20+. The van der Waals surface area contributed by atoms with Crippen LogP contribution in [0.25, 0.3) is 6.08 Å². The highest BCUT2D eigenvalue weighted by atomic mass is 79.9. The van der Waals surface area contributed by atoms with Gasteiger partial charge in [-0.25, -0.2) is 4.98 Å². The van der Waals surface area contributed by atoms with E-state index in [1.54, 1.807) is 4.90 Å². The second-order valence-electron chi connectivity index (χ2n) is 5.81. The number of aromatic nitrogens is 1. The van der Waals surface area contributed by atoms with E-state index in [0.717, 1.165) is 21.4 Å². The molecule has 4 nitrogen and oxygen atoms in total. The van der Waals surface area contributed by atoms with Crippen LogP contribution in [0.4, 0.5) is 10.8 Å². The highest BCUT2D eigenvalue weighted by Crippen LogP contribution is 2.37. The first-order valence-electron chi connectivity index (χ1n) is 8.15. The number of para-hydroxylation sites is 1. The monoisotopic (exact) mass is 455 g/mol. The zero-order chi connectivity index (χ0) is 18.8. The Balaban J connectivity index is 1.77. The number of hydrogen-bond acceptors (Lipinski definition) is 5. The molecule has 1 amide bonds. The number of thioether (sulfide) groups is 1. The lowest BCUT2D eigenvalue weighted by molar-refractivity contribution is -0.113. The molecule has 134 valence electrons. The third kappa shape index (κ3) is 4.05. The molecular weight excluding hydrogens is 442 g/mol. The molecule has 2 aromatic carbocycles. The zero-order valence-corrected chi connectivity index (χ0v) is 17.5. The smallest absolute Gasteiger partial charge is 0.268 e. The Bertz CT molecular complexity index is 1060. The zero-order valence-electron chi connectivity index (χ0n) is 14.3. The fourth-order valence-electron chi connectivity index (χ4n) is 2.58. The molecule has 27 heavy (non-hydrogen) atoms. The number of carbonyl (C=O) groups excluding carboxylic acids is 1. The fourth-order valence-corrected chi connectivity index (χ4v) is 4.70. The minimum absolute atomic E-state index is 0.0850.